The summed E-state index contributed by atoms with van der Waals surface area (Å²) in [5.41, 5.74) is 5.46. The van der Waals surface area contributed by atoms with E-state index < -0.39 is 0 Å². The maximum atomic E-state index is 13.1. The molecule has 1 aliphatic carbocycles. The minimum absolute atomic E-state index is 0.178. The Morgan fingerprint density at radius 2 is 1.54 bits per heavy atom. The lowest BCUT2D eigenvalue weighted by atomic mass is 9.76. The Morgan fingerprint density at radius 3 is 2.35 bits per heavy atom. The van der Waals surface area contributed by atoms with Crippen molar-refractivity contribution in [3.05, 3.63) is 107 Å². The van der Waals surface area contributed by atoms with Crippen molar-refractivity contribution in [3.63, 3.8) is 0 Å². The smallest absolute Gasteiger partial charge is 0.123 e. The van der Waals surface area contributed by atoms with E-state index in [9.17, 15) is 4.39 Å². The summed E-state index contributed by atoms with van der Waals surface area (Å²) in [6.07, 6.45) is 3.29. The molecule has 4 rings (SSSR count). The third-order valence-corrected chi connectivity index (χ3v) is 5.45. The van der Waals surface area contributed by atoms with E-state index in [1.807, 2.05) is 12.1 Å². The molecule has 0 saturated heterocycles. The predicted octanol–water partition coefficient (Wildman–Crippen LogP) is 5.26. The SMILES string of the molecule is Fc1ccc(CN[C@H]2CCc3ccccc3[C@H]2Cc2ccccc2)cc1. The molecule has 132 valence electrons. The maximum absolute atomic E-state index is 13.1. The van der Waals surface area contributed by atoms with E-state index in [2.05, 4.69) is 59.9 Å². The van der Waals surface area contributed by atoms with Crippen molar-refractivity contribution in [1.29, 1.82) is 0 Å². The van der Waals surface area contributed by atoms with Gasteiger partial charge >= 0.3 is 0 Å². The number of aryl methyl sites for hydroxylation is 1. The molecular weight excluding hydrogens is 321 g/mol. The molecule has 0 heterocycles. The topological polar surface area (TPSA) is 12.0 Å². The minimum atomic E-state index is -0.178. The van der Waals surface area contributed by atoms with Crippen molar-refractivity contribution < 1.29 is 4.39 Å². The Balaban J connectivity index is 1.55. The van der Waals surface area contributed by atoms with Crippen LogP contribution in [0.4, 0.5) is 4.39 Å². The molecule has 0 saturated carbocycles. The van der Waals surface area contributed by atoms with E-state index in [0.717, 1.165) is 31.4 Å². The van der Waals surface area contributed by atoms with Gasteiger partial charge in [-0.1, -0.05) is 66.7 Å². The minimum Gasteiger partial charge on any atom is -0.309 e. The summed E-state index contributed by atoms with van der Waals surface area (Å²) < 4.78 is 13.1. The van der Waals surface area contributed by atoms with Gasteiger partial charge in [-0.05, 0) is 53.6 Å². The molecular formula is C24H24FN. The zero-order valence-electron chi connectivity index (χ0n) is 14.9. The fourth-order valence-electron chi connectivity index (χ4n) is 4.07. The second kappa shape index (κ2) is 7.84. The first-order chi connectivity index (χ1) is 12.8. The van der Waals surface area contributed by atoms with E-state index in [0.29, 0.717) is 12.0 Å². The van der Waals surface area contributed by atoms with Crippen molar-refractivity contribution in [2.24, 2.45) is 0 Å². The first-order valence-corrected chi connectivity index (χ1v) is 9.39. The van der Waals surface area contributed by atoms with Gasteiger partial charge in [0.15, 0.2) is 0 Å². The molecule has 0 amide bonds. The standard InChI is InChI=1S/C24H24FN/c25-21-13-10-19(11-14-21)17-26-24-15-12-20-8-4-5-9-22(20)23(24)16-18-6-2-1-3-7-18/h1-11,13-14,23-24,26H,12,15-17H2/t23-,24+/m1/s1. The van der Waals surface area contributed by atoms with E-state index in [1.54, 1.807) is 0 Å². The van der Waals surface area contributed by atoms with Crippen molar-refractivity contribution >= 4 is 0 Å². The van der Waals surface area contributed by atoms with Crippen LogP contribution in [0.1, 0.15) is 34.6 Å². The normalized spacial score (nSPS) is 19.1. The van der Waals surface area contributed by atoms with Crippen molar-refractivity contribution in [3.8, 4) is 0 Å². The van der Waals surface area contributed by atoms with Gasteiger partial charge in [0.25, 0.3) is 0 Å². The van der Waals surface area contributed by atoms with Crippen LogP contribution in [0.2, 0.25) is 0 Å². The molecule has 0 bridgehead atoms. The van der Waals surface area contributed by atoms with Crippen molar-refractivity contribution in [2.75, 3.05) is 0 Å². The van der Waals surface area contributed by atoms with E-state index in [4.69, 9.17) is 0 Å². The lowest BCUT2D eigenvalue weighted by Gasteiger charge is -2.35. The highest BCUT2D eigenvalue weighted by atomic mass is 19.1. The van der Waals surface area contributed by atoms with Gasteiger partial charge in [0.1, 0.15) is 5.82 Å². The van der Waals surface area contributed by atoms with Crippen LogP contribution in [0.15, 0.2) is 78.9 Å². The summed E-state index contributed by atoms with van der Waals surface area (Å²) >= 11 is 0. The second-order valence-corrected chi connectivity index (χ2v) is 7.15. The van der Waals surface area contributed by atoms with Gasteiger partial charge in [0.05, 0.1) is 0 Å². The summed E-state index contributed by atoms with van der Waals surface area (Å²) in [6.45, 7) is 0.776. The van der Waals surface area contributed by atoms with Crippen molar-refractivity contribution in [1.82, 2.24) is 5.32 Å². The van der Waals surface area contributed by atoms with Gasteiger partial charge in [-0.25, -0.2) is 4.39 Å². The van der Waals surface area contributed by atoms with Crippen LogP contribution in [-0.2, 0) is 19.4 Å². The Morgan fingerprint density at radius 1 is 0.808 bits per heavy atom. The molecule has 0 fully saturated rings. The molecule has 0 radical (unpaired) electrons. The first kappa shape index (κ1) is 17.0. The molecule has 0 unspecified atom stereocenters. The molecule has 0 aliphatic heterocycles. The third-order valence-electron chi connectivity index (χ3n) is 5.45. The number of rotatable bonds is 5. The van der Waals surface area contributed by atoms with Crippen LogP contribution < -0.4 is 5.32 Å². The fraction of sp³-hybridized carbons (Fsp3) is 0.250. The summed E-state index contributed by atoms with van der Waals surface area (Å²) in [7, 11) is 0. The van der Waals surface area contributed by atoms with Crippen LogP contribution in [0, 0.1) is 5.82 Å². The van der Waals surface area contributed by atoms with Gasteiger partial charge in [-0.2, -0.15) is 0 Å². The summed E-state index contributed by atoms with van der Waals surface area (Å²) in [6, 6.07) is 26.8. The number of fused-ring (bicyclic) bond motifs is 1. The maximum Gasteiger partial charge on any atom is 0.123 e. The quantitative estimate of drug-likeness (QED) is 0.665. The Bertz CT molecular complexity index is 842. The van der Waals surface area contributed by atoms with Crippen LogP contribution in [0.3, 0.4) is 0 Å². The van der Waals surface area contributed by atoms with Crippen LogP contribution in [0.5, 0.6) is 0 Å². The fourth-order valence-corrected chi connectivity index (χ4v) is 4.07. The zero-order valence-corrected chi connectivity index (χ0v) is 14.9. The Hall–Kier alpha value is -2.45. The molecule has 2 heteroatoms. The molecule has 3 aromatic rings. The second-order valence-electron chi connectivity index (χ2n) is 7.15. The zero-order chi connectivity index (χ0) is 17.8. The number of nitrogens with one attached hydrogen (secondary N) is 1. The molecule has 26 heavy (non-hydrogen) atoms. The lowest BCUT2D eigenvalue weighted by molar-refractivity contribution is 0.383. The van der Waals surface area contributed by atoms with E-state index in [-0.39, 0.29) is 5.82 Å². The van der Waals surface area contributed by atoms with Crippen LogP contribution in [-0.4, -0.2) is 6.04 Å². The van der Waals surface area contributed by atoms with Gasteiger partial charge in [-0.3, -0.25) is 0 Å². The number of halogens is 1. The van der Waals surface area contributed by atoms with E-state index in [1.165, 1.54) is 28.8 Å². The first-order valence-electron chi connectivity index (χ1n) is 9.39. The van der Waals surface area contributed by atoms with Crippen LogP contribution >= 0.6 is 0 Å². The predicted molar refractivity (Wildman–Crippen MR) is 105 cm³/mol. The Labute approximate surface area is 154 Å². The molecule has 1 N–H and O–H groups in total. The molecule has 0 aromatic heterocycles. The highest BCUT2D eigenvalue weighted by molar-refractivity contribution is 5.36. The number of hydrogen-bond donors (Lipinski definition) is 1. The van der Waals surface area contributed by atoms with Gasteiger partial charge < -0.3 is 5.32 Å². The third kappa shape index (κ3) is 3.86. The van der Waals surface area contributed by atoms with Crippen LogP contribution in [0.25, 0.3) is 0 Å². The highest BCUT2D eigenvalue weighted by Crippen LogP contribution is 2.34. The largest absolute Gasteiger partial charge is 0.309 e. The van der Waals surface area contributed by atoms with E-state index >= 15 is 0 Å². The average molecular weight is 345 g/mol. The lowest BCUT2D eigenvalue weighted by Crippen LogP contribution is -2.39. The summed E-state index contributed by atoms with van der Waals surface area (Å²) in [5.74, 6) is 0.282. The molecule has 1 nitrogen and oxygen atoms in total. The highest BCUT2D eigenvalue weighted by Gasteiger charge is 2.29. The van der Waals surface area contributed by atoms with Crippen molar-refractivity contribution in [2.45, 2.75) is 37.8 Å². The number of hydrogen-bond acceptors (Lipinski definition) is 1. The van der Waals surface area contributed by atoms with Gasteiger partial charge in [-0.15, -0.1) is 0 Å². The summed E-state index contributed by atoms with van der Waals surface area (Å²) in [4.78, 5) is 0. The Kier molecular flexibility index (Phi) is 5.12. The van der Waals surface area contributed by atoms with Gasteiger partial charge in [0.2, 0.25) is 0 Å². The molecule has 3 aromatic carbocycles. The average Bonchev–Trinajstić information content (AvgIpc) is 2.69. The molecule has 2 atom stereocenters. The molecule has 0 spiro atoms. The monoisotopic (exact) mass is 345 g/mol. The molecule has 1 aliphatic rings. The summed E-state index contributed by atoms with van der Waals surface area (Å²) in [5, 5.41) is 3.75. The number of benzene rings is 3. The van der Waals surface area contributed by atoms with Gasteiger partial charge in [0, 0.05) is 18.5 Å².